The highest BCUT2D eigenvalue weighted by Gasteiger charge is 2.44. The molecule has 1 amide bonds. The zero-order chi connectivity index (χ0) is 11.9. The first-order valence-corrected chi connectivity index (χ1v) is 7.28. The molecule has 4 unspecified atom stereocenters. The first-order valence-electron chi connectivity index (χ1n) is 6.36. The normalized spacial score (nSPS) is 35.1. The van der Waals surface area contributed by atoms with Gasteiger partial charge in [-0.05, 0) is 44.9 Å². The lowest BCUT2D eigenvalue weighted by atomic mass is 9.87. The second-order valence-corrected chi connectivity index (χ2v) is 7.48. The van der Waals surface area contributed by atoms with Gasteiger partial charge in [0.15, 0.2) is 0 Å². The van der Waals surface area contributed by atoms with Crippen molar-refractivity contribution in [2.45, 2.75) is 56.8 Å². The van der Waals surface area contributed by atoms with Gasteiger partial charge in [-0.25, -0.2) is 0 Å². The van der Waals surface area contributed by atoms with Gasteiger partial charge >= 0.3 is 0 Å². The Balaban J connectivity index is 1.94. The monoisotopic (exact) mass is 287 g/mol. The summed E-state index contributed by atoms with van der Waals surface area (Å²) in [6.45, 7) is 6.25. The molecule has 2 bridgehead atoms. The van der Waals surface area contributed by atoms with E-state index in [2.05, 4.69) is 42.0 Å². The summed E-state index contributed by atoms with van der Waals surface area (Å²) in [5.74, 6) is 2.09. The van der Waals surface area contributed by atoms with Crippen molar-refractivity contribution in [3.8, 4) is 0 Å². The molecular weight excluding hydrogens is 266 g/mol. The van der Waals surface area contributed by atoms with Gasteiger partial charge in [0.25, 0.3) is 0 Å². The van der Waals surface area contributed by atoms with Crippen LogP contribution in [0.5, 0.6) is 0 Å². The highest BCUT2D eigenvalue weighted by Crippen LogP contribution is 2.48. The smallest absolute Gasteiger partial charge is 0.223 e. The topological polar surface area (TPSA) is 29.1 Å². The van der Waals surface area contributed by atoms with Crippen molar-refractivity contribution in [3.05, 3.63) is 0 Å². The van der Waals surface area contributed by atoms with Crippen molar-refractivity contribution in [2.24, 2.45) is 17.8 Å². The van der Waals surface area contributed by atoms with E-state index in [0.29, 0.717) is 16.7 Å². The molecule has 2 aliphatic rings. The molecule has 2 aliphatic carbocycles. The Morgan fingerprint density at radius 1 is 1.38 bits per heavy atom. The van der Waals surface area contributed by atoms with Crippen LogP contribution in [0.15, 0.2) is 0 Å². The Hall–Kier alpha value is -0.0500. The molecule has 2 fully saturated rings. The number of hydrogen-bond donors (Lipinski definition) is 1. The fourth-order valence-corrected chi connectivity index (χ4v) is 3.19. The predicted octanol–water partition coefficient (Wildman–Crippen LogP) is 3.10. The first-order chi connectivity index (χ1) is 7.40. The van der Waals surface area contributed by atoms with E-state index in [1.807, 2.05) is 0 Å². The summed E-state index contributed by atoms with van der Waals surface area (Å²) in [5, 5.41) is 3.20. The molecule has 92 valence electrons. The van der Waals surface area contributed by atoms with E-state index in [0.717, 1.165) is 12.3 Å². The number of alkyl halides is 1. The summed E-state index contributed by atoms with van der Waals surface area (Å²) < 4.78 is 0. The van der Waals surface area contributed by atoms with Gasteiger partial charge in [0.2, 0.25) is 5.91 Å². The van der Waals surface area contributed by atoms with Crippen LogP contribution in [0.4, 0.5) is 0 Å². The van der Waals surface area contributed by atoms with Crippen LogP contribution in [0.25, 0.3) is 0 Å². The standard InChI is InChI=1S/C13H22BrNO/c1-8(14)13(2,3)15-12(16)11-7-9-4-5-10(11)6-9/h8-11H,4-7H2,1-3H3,(H,15,16). The molecule has 0 heterocycles. The minimum absolute atomic E-state index is 0.154. The van der Waals surface area contributed by atoms with Gasteiger partial charge in [-0.1, -0.05) is 29.3 Å². The summed E-state index contributed by atoms with van der Waals surface area (Å²) in [4.78, 5) is 12.5. The molecule has 0 radical (unpaired) electrons. The van der Waals surface area contributed by atoms with Gasteiger partial charge in [-0.2, -0.15) is 0 Å². The van der Waals surface area contributed by atoms with Crippen molar-refractivity contribution in [3.63, 3.8) is 0 Å². The molecule has 0 aromatic carbocycles. The average Bonchev–Trinajstić information content (AvgIpc) is 2.77. The Labute approximate surface area is 107 Å². The van der Waals surface area contributed by atoms with Crippen molar-refractivity contribution in [1.29, 1.82) is 0 Å². The largest absolute Gasteiger partial charge is 0.350 e. The molecule has 0 saturated heterocycles. The van der Waals surface area contributed by atoms with E-state index in [1.54, 1.807) is 0 Å². The number of hydrogen-bond acceptors (Lipinski definition) is 1. The summed E-state index contributed by atoms with van der Waals surface area (Å²) >= 11 is 3.56. The van der Waals surface area contributed by atoms with E-state index in [1.165, 1.54) is 19.3 Å². The van der Waals surface area contributed by atoms with Gasteiger partial charge in [0.05, 0.1) is 0 Å². The van der Waals surface area contributed by atoms with Crippen LogP contribution in [0, 0.1) is 17.8 Å². The molecule has 0 aromatic heterocycles. The minimum Gasteiger partial charge on any atom is -0.350 e. The van der Waals surface area contributed by atoms with E-state index in [4.69, 9.17) is 0 Å². The van der Waals surface area contributed by atoms with Crippen LogP contribution < -0.4 is 5.32 Å². The summed E-state index contributed by atoms with van der Waals surface area (Å²) in [7, 11) is 0. The molecule has 2 nitrogen and oxygen atoms in total. The van der Waals surface area contributed by atoms with Crippen molar-refractivity contribution in [2.75, 3.05) is 0 Å². The molecule has 2 rings (SSSR count). The summed E-state index contributed by atoms with van der Waals surface area (Å²) in [6, 6.07) is 0. The second-order valence-electron chi connectivity index (χ2n) is 6.11. The number of fused-ring (bicyclic) bond motifs is 2. The van der Waals surface area contributed by atoms with Crippen LogP contribution in [0.1, 0.15) is 46.5 Å². The number of carbonyl (C=O) groups excluding carboxylic acids is 1. The third kappa shape index (κ3) is 2.29. The Bertz CT molecular complexity index is 288. The quantitative estimate of drug-likeness (QED) is 0.794. The van der Waals surface area contributed by atoms with Gasteiger partial charge < -0.3 is 5.32 Å². The summed E-state index contributed by atoms with van der Waals surface area (Å²) in [5.41, 5.74) is -0.154. The molecular formula is C13H22BrNO. The molecule has 16 heavy (non-hydrogen) atoms. The molecule has 4 atom stereocenters. The number of halogens is 1. The van der Waals surface area contributed by atoms with Gasteiger partial charge in [-0.15, -0.1) is 0 Å². The lowest BCUT2D eigenvalue weighted by molar-refractivity contribution is -0.128. The van der Waals surface area contributed by atoms with E-state index in [9.17, 15) is 4.79 Å². The third-order valence-corrected chi connectivity index (χ3v) is 5.66. The van der Waals surface area contributed by atoms with Crippen LogP contribution in [-0.2, 0) is 4.79 Å². The fourth-order valence-electron chi connectivity index (χ4n) is 3.08. The van der Waals surface area contributed by atoms with Crippen LogP contribution in [-0.4, -0.2) is 16.3 Å². The lowest BCUT2D eigenvalue weighted by Crippen LogP contribution is -2.51. The molecule has 0 aromatic rings. The highest BCUT2D eigenvalue weighted by molar-refractivity contribution is 9.09. The van der Waals surface area contributed by atoms with Crippen molar-refractivity contribution >= 4 is 21.8 Å². The van der Waals surface area contributed by atoms with Crippen LogP contribution in [0.2, 0.25) is 0 Å². The Morgan fingerprint density at radius 2 is 2.06 bits per heavy atom. The van der Waals surface area contributed by atoms with E-state index >= 15 is 0 Å². The van der Waals surface area contributed by atoms with Crippen molar-refractivity contribution in [1.82, 2.24) is 5.32 Å². The van der Waals surface area contributed by atoms with Crippen LogP contribution >= 0.6 is 15.9 Å². The maximum absolute atomic E-state index is 12.2. The van der Waals surface area contributed by atoms with E-state index < -0.39 is 0 Å². The SMILES string of the molecule is CC(Br)C(C)(C)NC(=O)C1CC2CCC1C2. The molecule has 1 N–H and O–H groups in total. The zero-order valence-corrected chi connectivity index (χ0v) is 12.0. The zero-order valence-electron chi connectivity index (χ0n) is 10.4. The molecule has 0 aliphatic heterocycles. The third-order valence-electron chi connectivity index (χ3n) is 4.51. The van der Waals surface area contributed by atoms with E-state index in [-0.39, 0.29) is 11.4 Å². The number of carbonyl (C=O) groups is 1. The molecule has 0 spiro atoms. The van der Waals surface area contributed by atoms with Gasteiger partial charge in [-0.3, -0.25) is 4.79 Å². The van der Waals surface area contributed by atoms with Gasteiger partial charge in [0.1, 0.15) is 0 Å². The number of amides is 1. The van der Waals surface area contributed by atoms with Crippen LogP contribution in [0.3, 0.4) is 0 Å². The number of nitrogens with one attached hydrogen (secondary N) is 1. The Kier molecular flexibility index (Phi) is 3.35. The summed E-state index contributed by atoms with van der Waals surface area (Å²) in [6.07, 6.45) is 5.05. The van der Waals surface area contributed by atoms with Gasteiger partial charge in [0, 0.05) is 16.3 Å². The molecule has 3 heteroatoms. The Morgan fingerprint density at radius 3 is 2.50 bits per heavy atom. The average molecular weight is 288 g/mol. The maximum Gasteiger partial charge on any atom is 0.223 e. The highest BCUT2D eigenvalue weighted by atomic mass is 79.9. The first kappa shape index (κ1) is 12.4. The molecule has 2 saturated carbocycles. The minimum atomic E-state index is -0.154. The lowest BCUT2D eigenvalue weighted by Gasteiger charge is -2.32. The predicted molar refractivity (Wildman–Crippen MR) is 69.5 cm³/mol. The number of rotatable bonds is 3. The second kappa shape index (κ2) is 4.32. The fraction of sp³-hybridized carbons (Fsp3) is 0.923. The maximum atomic E-state index is 12.2. The van der Waals surface area contributed by atoms with Crippen molar-refractivity contribution < 1.29 is 4.79 Å².